The van der Waals surface area contributed by atoms with Crippen molar-refractivity contribution in [1.82, 2.24) is 4.57 Å². The molecule has 3 nitrogen and oxygen atoms in total. The van der Waals surface area contributed by atoms with E-state index in [1.165, 1.54) is 5.56 Å². The normalized spacial score (nSPS) is 10.5. The summed E-state index contributed by atoms with van der Waals surface area (Å²) in [5.74, 6) is -0.859. The average molecular weight is 243 g/mol. The second-order valence-corrected chi connectivity index (χ2v) is 4.41. The fourth-order valence-corrected chi connectivity index (χ4v) is 2.14. The van der Waals surface area contributed by atoms with Gasteiger partial charge < -0.3 is 9.67 Å². The van der Waals surface area contributed by atoms with Crippen LogP contribution in [0.3, 0.4) is 0 Å². The molecule has 0 bridgehead atoms. The first-order chi connectivity index (χ1) is 8.68. The molecular formula is C15H17NO2. The Morgan fingerprint density at radius 3 is 2.56 bits per heavy atom. The summed E-state index contributed by atoms with van der Waals surface area (Å²) in [7, 11) is 0. The van der Waals surface area contributed by atoms with Crippen LogP contribution in [0.5, 0.6) is 0 Å². The van der Waals surface area contributed by atoms with E-state index in [0.29, 0.717) is 5.69 Å². The standard InChI is InChI=1S/C15H17NO2/c1-12-9-10-14(15(17)18)16(12)11-5-8-13-6-3-2-4-7-13/h2-4,6-7,9-10H,5,8,11H2,1H3,(H,17,18). The maximum Gasteiger partial charge on any atom is 0.352 e. The number of aromatic nitrogens is 1. The van der Waals surface area contributed by atoms with Gasteiger partial charge in [0.1, 0.15) is 5.69 Å². The summed E-state index contributed by atoms with van der Waals surface area (Å²) in [6.45, 7) is 2.68. The van der Waals surface area contributed by atoms with Crippen LogP contribution in [0.2, 0.25) is 0 Å². The Hall–Kier alpha value is -2.03. The minimum absolute atomic E-state index is 0.376. The largest absolute Gasteiger partial charge is 0.477 e. The highest BCUT2D eigenvalue weighted by Gasteiger charge is 2.10. The number of hydrogen-bond acceptors (Lipinski definition) is 1. The summed E-state index contributed by atoms with van der Waals surface area (Å²) < 4.78 is 1.87. The molecule has 0 saturated heterocycles. The maximum atomic E-state index is 11.0. The first kappa shape index (κ1) is 12.4. The van der Waals surface area contributed by atoms with Gasteiger partial charge in [-0.2, -0.15) is 0 Å². The van der Waals surface area contributed by atoms with Gasteiger partial charge >= 0.3 is 5.97 Å². The van der Waals surface area contributed by atoms with Gasteiger partial charge in [0, 0.05) is 12.2 Å². The van der Waals surface area contributed by atoms with Crippen molar-refractivity contribution in [3.8, 4) is 0 Å². The van der Waals surface area contributed by atoms with Gasteiger partial charge in [0.25, 0.3) is 0 Å². The van der Waals surface area contributed by atoms with Crippen LogP contribution in [-0.4, -0.2) is 15.6 Å². The Morgan fingerprint density at radius 2 is 1.89 bits per heavy atom. The van der Waals surface area contributed by atoms with E-state index < -0.39 is 5.97 Å². The van der Waals surface area contributed by atoms with Crippen molar-refractivity contribution in [3.05, 3.63) is 59.4 Å². The molecule has 1 aromatic carbocycles. The zero-order valence-electron chi connectivity index (χ0n) is 10.5. The van der Waals surface area contributed by atoms with Crippen molar-refractivity contribution in [1.29, 1.82) is 0 Å². The van der Waals surface area contributed by atoms with E-state index in [0.717, 1.165) is 25.1 Å². The average Bonchev–Trinajstić information content (AvgIpc) is 2.73. The summed E-state index contributed by atoms with van der Waals surface area (Å²) in [6.07, 6.45) is 1.91. The second-order valence-electron chi connectivity index (χ2n) is 4.41. The molecule has 0 radical (unpaired) electrons. The van der Waals surface area contributed by atoms with E-state index in [1.807, 2.05) is 35.8 Å². The predicted molar refractivity (Wildman–Crippen MR) is 70.9 cm³/mol. The molecular weight excluding hydrogens is 226 g/mol. The van der Waals surface area contributed by atoms with Crippen LogP contribution >= 0.6 is 0 Å². The lowest BCUT2D eigenvalue weighted by molar-refractivity contribution is 0.0684. The van der Waals surface area contributed by atoms with Gasteiger partial charge in [0.05, 0.1) is 0 Å². The first-order valence-electron chi connectivity index (χ1n) is 6.12. The van der Waals surface area contributed by atoms with Gasteiger partial charge in [0.2, 0.25) is 0 Å². The third-order valence-electron chi connectivity index (χ3n) is 3.11. The fraction of sp³-hybridized carbons (Fsp3) is 0.267. The number of aromatic carboxylic acids is 1. The lowest BCUT2D eigenvalue weighted by atomic mass is 10.1. The summed E-state index contributed by atoms with van der Waals surface area (Å²) in [4.78, 5) is 11.0. The SMILES string of the molecule is Cc1ccc(C(=O)O)n1CCCc1ccccc1. The minimum atomic E-state index is -0.859. The molecule has 1 N–H and O–H groups in total. The van der Waals surface area contributed by atoms with Gasteiger partial charge in [-0.3, -0.25) is 0 Å². The van der Waals surface area contributed by atoms with Gasteiger partial charge in [-0.05, 0) is 37.5 Å². The van der Waals surface area contributed by atoms with Crippen molar-refractivity contribution < 1.29 is 9.90 Å². The molecule has 2 aromatic rings. The van der Waals surface area contributed by atoms with Crippen molar-refractivity contribution in [2.75, 3.05) is 0 Å². The molecule has 0 aliphatic rings. The number of carboxylic acids is 1. The maximum absolute atomic E-state index is 11.0. The van der Waals surface area contributed by atoms with Crippen molar-refractivity contribution in [3.63, 3.8) is 0 Å². The van der Waals surface area contributed by atoms with Crippen molar-refractivity contribution in [2.45, 2.75) is 26.3 Å². The van der Waals surface area contributed by atoms with Gasteiger partial charge in [-0.15, -0.1) is 0 Å². The Labute approximate surface area is 107 Å². The third kappa shape index (κ3) is 2.80. The van der Waals surface area contributed by atoms with Crippen LogP contribution < -0.4 is 0 Å². The summed E-state index contributed by atoms with van der Waals surface area (Å²) in [5.41, 5.74) is 2.67. The van der Waals surface area contributed by atoms with E-state index in [9.17, 15) is 4.79 Å². The molecule has 0 saturated carbocycles. The third-order valence-corrected chi connectivity index (χ3v) is 3.11. The predicted octanol–water partition coefficient (Wildman–Crippen LogP) is 3.13. The number of carbonyl (C=O) groups is 1. The van der Waals surface area contributed by atoms with E-state index in [1.54, 1.807) is 6.07 Å². The quantitative estimate of drug-likeness (QED) is 0.876. The van der Waals surface area contributed by atoms with Crippen molar-refractivity contribution >= 4 is 5.97 Å². The number of aryl methyl sites for hydroxylation is 2. The molecule has 1 aromatic heterocycles. The number of nitrogens with zero attached hydrogens (tertiary/aromatic N) is 1. The van der Waals surface area contributed by atoms with Gasteiger partial charge in [-0.25, -0.2) is 4.79 Å². The second kappa shape index (κ2) is 5.54. The van der Waals surface area contributed by atoms with Crippen molar-refractivity contribution in [2.24, 2.45) is 0 Å². The summed E-state index contributed by atoms with van der Waals surface area (Å²) >= 11 is 0. The molecule has 1 heterocycles. The Balaban J connectivity index is 1.98. The molecule has 0 aliphatic carbocycles. The van der Waals surface area contributed by atoms with E-state index in [2.05, 4.69) is 12.1 Å². The lowest BCUT2D eigenvalue weighted by Gasteiger charge is -2.09. The van der Waals surface area contributed by atoms with Crippen LogP contribution in [0.25, 0.3) is 0 Å². The monoisotopic (exact) mass is 243 g/mol. The summed E-state index contributed by atoms with van der Waals surface area (Å²) in [5, 5.41) is 9.07. The van der Waals surface area contributed by atoms with Crippen LogP contribution in [0.1, 0.15) is 28.2 Å². The van der Waals surface area contributed by atoms with E-state index in [4.69, 9.17) is 5.11 Å². The van der Waals surface area contributed by atoms with Crippen LogP contribution in [0, 0.1) is 6.92 Å². The molecule has 0 fully saturated rings. The Bertz CT molecular complexity index is 529. The Kier molecular flexibility index (Phi) is 3.82. The van der Waals surface area contributed by atoms with Crippen LogP contribution in [0.4, 0.5) is 0 Å². The number of benzene rings is 1. The molecule has 18 heavy (non-hydrogen) atoms. The van der Waals surface area contributed by atoms with Gasteiger partial charge in [-0.1, -0.05) is 30.3 Å². The highest BCUT2D eigenvalue weighted by Crippen LogP contribution is 2.11. The minimum Gasteiger partial charge on any atom is -0.477 e. The summed E-state index contributed by atoms with van der Waals surface area (Å²) in [6, 6.07) is 13.8. The highest BCUT2D eigenvalue weighted by atomic mass is 16.4. The number of carboxylic acid groups (broad SMARTS) is 1. The molecule has 0 unspecified atom stereocenters. The number of hydrogen-bond donors (Lipinski definition) is 1. The topological polar surface area (TPSA) is 42.2 Å². The fourth-order valence-electron chi connectivity index (χ4n) is 2.14. The molecule has 0 amide bonds. The zero-order chi connectivity index (χ0) is 13.0. The molecule has 94 valence electrons. The van der Waals surface area contributed by atoms with Crippen LogP contribution in [0.15, 0.2) is 42.5 Å². The van der Waals surface area contributed by atoms with E-state index >= 15 is 0 Å². The Morgan fingerprint density at radius 1 is 1.17 bits per heavy atom. The lowest BCUT2D eigenvalue weighted by Crippen LogP contribution is -2.10. The first-order valence-corrected chi connectivity index (χ1v) is 6.12. The number of rotatable bonds is 5. The molecule has 0 aliphatic heterocycles. The highest BCUT2D eigenvalue weighted by molar-refractivity contribution is 5.86. The van der Waals surface area contributed by atoms with Gasteiger partial charge in [0.15, 0.2) is 0 Å². The molecule has 2 rings (SSSR count). The molecule has 3 heteroatoms. The smallest absolute Gasteiger partial charge is 0.352 e. The molecule has 0 atom stereocenters. The molecule has 0 spiro atoms. The van der Waals surface area contributed by atoms with E-state index in [-0.39, 0.29) is 0 Å². The zero-order valence-corrected chi connectivity index (χ0v) is 10.5. The van der Waals surface area contributed by atoms with Crippen LogP contribution in [-0.2, 0) is 13.0 Å².